The van der Waals surface area contributed by atoms with Crippen LogP contribution in [0.5, 0.6) is 0 Å². The molecular formula is C16H25N. The number of hydrogen-bond acceptors (Lipinski definition) is 1. The topological polar surface area (TPSA) is 12.0 Å². The lowest BCUT2D eigenvalue weighted by Crippen LogP contribution is -2.36. The van der Waals surface area contributed by atoms with Crippen LogP contribution in [-0.4, -0.2) is 6.04 Å². The number of rotatable bonds is 4. The molecule has 1 unspecified atom stereocenters. The largest absolute Gasteiger partial charge is 0.307 e. The lowest BCUT2D eigenvalue weighted by molar-refractivity contribution is 0.300. The Bertz CT molecular complexity index is 312. The third kappa shape index (κ3) is 3.57. The molecule has 1 nitrogen and oxygen atoms in total. The summed E-state index contributed by atoms with van der Waals surface area (Å²) in [5.41, 5.74) is 1.44. The average Bonchev–Trinajstić information content (AvgIpc) is 2.38. The van der Waals surface area contributed by atoms with E-state index in [1.54, 1.807) is 0 Å². The minimum Gasteiger partial charge on any atom is -0.307 e. The molecule has 0 saturated heterocycles. The highest BCUT2D eigenvalue weighted by molar-refractivity contribution is 5.19. The van der Waals surface area contributed by atoms with Crippen molar-refractivity contribution >= 4 is 0 Å². The molecule has 1 N–H and O–H groups in total. The Hall–Kier alpha value is -0.820. The summed E-state index contributed by atoms with van der Waals surface area (Å²) in [4.78, 5) is 0. The highest BCUT2D eigenvalue weighted by Crippen LogP contribution is 2.26. The molecular weight excluding hydrogens is 206 g/mol. The molecule has 0 bridgehead atoms. The van der Waals surface area contributed by atoms with E-state index in [0.717, 1.165) is 6.04 Å². The van der Waals surface area contributed by atoms with Crippen molar-refractivity contribution in [1.29, 1.82) is 0 Å². The van der Waals surface area contributed by atoms with Gasteiger partial charge in [-0.1, -0.05) is 63.4 Å². The van der Waals surface area contributed by atoms with E-state index in [1.807, 2.05) is 0 Å². The van der Waals surface area contributed by atoms with E-state index < -0.39 is 0 Å². The molecule has 0 spiro atoms. The number of benzene rings is 1. The Morgan fingerprint density at radius 1 is 1.00 bits per heavy atom. The summed E-state index contributed by atoms with van der Waals surface area (Å²) in [5.74, 6) is 0.652. The minimum atomic E-state index is 0.513. The van der Waals surface area contributed by atoms with E-state index in [-0.39, 0.29) is 0 Å². The summed E-state index contributed by atoms with van der Waals surface area (Å²) in [6, 6.07) is 12.1. The van der Waals surface area contributed by atoms with Gasteiger partial charge in [-0.2, -0.15) is 0 Å². The SMILES string of the molecule is CC(C)C(NC1CCCCC1)c1ccccc1. The van der Waals surface area contributed by atoms with Crippen LogP contribution in [0.15, 0.2) is 30.3 Å². The number of nitrogens with one attached hydrogen (secondary N) is 1. The summed E-state index contributed by atoms with van der Waals surface area (Å²) in [7, 11) is 0. The van der Waals surface area contributed by atoms with E-state index in [4.69, 9.17) is 0 Å². The third-order valence-electron chi connectivity index (χ3n) is 3.85. The summed E-state index contributed by atoms with van der Waals surface area (Å²) in [6.45, 7) is 4.63. The molecule has 2 rings (SSSR count). The molecule has 94 valence electrons. The maximum absolute atomic E-state index is 3.87. The van der Waals surface area contributed by atoms with Crippen molar-refractivity contribution in [1.82, 2.24) is 5.32 Å². The van der Waals surface area contributed by atoms with Crippen LogP contribution in [0.25, 0.3) is 0 Å². The fourth-order valence-corrected chi connectivity index (χ4v) is 2.86. The molecule has 1 atom stereocenters. The summed E-state index contributed by atoms with van der Waals surface area (Å²) < 4.78 is 0. The summed E-state index contributed by atoms with van der Waals surface area (Å²) >= 11 is 0. The van der Waals surface area contributed by atoms with Crippen LogP contribution in [0, 0.1) is 5.92 Å². The van der Waals surface area contributed by atoms with Gasteiger partial charge in [0.05, 0.1) is 0 Å². The maximum Gasteiger partial charge on any atom is 0.0345 e. The van der Waals surface area contributed by atoms with Gasteiger partial charge in [-0.15, -0.1) is 0 Å². The Balaban J connectivity index is 2.02. The molecule has 0 aliphatic heterocycles. The predicted molar refractivity (Wildman–Crippen MR) is 74.0 cm³/mol. The summed E-state index contributed by atoms with van der Waals surface area (Å²) in [5, 5.41) is 3.87. The van der Waals surface area contributed by atoms with Gasteiger partial charge in [0.1, 0.15) is 0 Å². The molecule has 1 aliphatic rings. The monoisotopic (exact) mass is 231 g/mol. The lowest BCUT2D eigenvalue weighted by atomic mass is 9.90. The van der Waals surface area contributed by atoms with Crippen LogP contribution in [0.1, 0.15) is 57.6 Å². The summed E-state index contributed by atoms with van der Waals surface area (Å²) in [6.07, 6.45) is 6.94. The van der Waals surface area contributed by atoms with E-state index in [2.05, 4.69) is 49.5 Å². The van der Waals surface area contributed by atoms with Crippen LogP contribution < -0.4 is 5.32 Å². The Morgan fingerprint density at radius 3 is 2.24 bits per heavy atom. The third-order valence-corrected chi connectivity index (χ3v) is 3.85. The van der Waals surface area contributed by atoms with Gasteiger partial charge in [0.2, 0.25) is 0 Å². The lowest BCUT2D eigenvalue weighted by Gasteiger charge is -2.31. The van der Waals surface area contributed by atoms with Gasteiger partial charge < -0.3 is 5.32 Å². The fraction of sp³-hybridized carbons (Fsp3) is 0.625. The first kappa shape index (κ1) is 12.6. The predicted octanol–water partition coefficient (Wildman–Crippen LogP) is 4.31. The van der Waals surface area contributed by atoms with Gasteiger partial charge >= 0.3 is 0 Å². The molecule has 1 aliphatic carbocycles. The van der Waals surface area contributed by atoms with Gasteiger partial charge in [-0.3, -0.25) is 0 Å². The van der Waals surface area contributed by atoms with Gasteiger partial charge in [0.25, 0.3) is 0 Å². The first-order chi connectivity index (χ1) is 8.27. The second-order valence-corrected chi connectivity index (χ2v) is 5.63. The van der Waals surface area contributed by atoms with E-state index >= 15 is 0 Å². The van der Waals surface area contributed by atoms with E-state index in [0.29, 0.717) is 12.0 Å². The molecule has 0 amide bonds. The quantitative estimate of drug-likeness (QED) is 0.814. The minimum absolute atomic E-state index is 0.513. The zero-order valence-electron chi connectivity index (χ0n) is 11.2. The molecule has 1 heteroatoms. The van der Waals surface area contributed by atoms with Crippen LogP contribution in [0.3, 0.4) is 0 Å². The zero-order chi connectivity index (χ0) is 12.1. The highest BCUT2D eigenvalue weighted by atomic mass is 15.0. The van der Waals surface area contributed by atoms with E-state index in [9.17, 15) is 0 Å². The molecule has 1 aromatic carbocycles. The number of hydrogen-bond donors (Lipinski definition) is 1. The Morgan fingerprint density at radius 2 is 1.65 bits per heavy atom. The standard InChI is InChI=1S/C16H25N/c1-13(2)16(14-9-5-3-6-10-14)17-15-11-7-4-8-12-15/h3,5-6,9-10,13,15-17H,4,7-8,11-12H2,1-2H3. The van der Waals surface area contributed by atoms with Gasteiger partial charge in [-0.05, 0) is 24.3 Å². The van der Waals surface area contributed by atoms with Crippen molar-refractivity contribution in [2.45, 2.75) is 58.0 Å². The molecule has 1 fully saturated rings. The Labute approximate surface area is 106 Å². The maximum atomic E-state index is 3.87. The average molecular weight is 231 g/mol. The fourth-order valence-electron chi connectivity index (χ4n) is 2.86. The Kier molecular flexibility index (Phi) is 4.61. The molecule has 1 saturated carbocycles. The van der Waals surface area contributed by atoms with Crippen molar-refractivity contribution in [3.8, 4) is 0 Å². The first-order valence-electron chi connectivity index (χ1n) is 7.08. The van der Waals surface area contributed by atoms with Crippen LogP contribution >= 0.6 is 0 Å². The van der Waals surface area contributed by atoms with Gasteiger partial charge in [-0.25, -0.2) is 0 Å². The molecule has 0 radical (unpaired) electrons. The molecule has 0 aromatic heterocycles. The van der Waals surface area contributed by atoms with Crippen molar-refractivity contribution < 1.29 is 0 Å². The second-order valence-electron chi connectivity index (χ2n) is 5.63. The normalized spacial score (nSPS) is 19.5. The molecule has 17 heavy (non-hydrogen) atoms. The van der Waals surface area contributed by atoms with Crippen molar-refractivity contribution in [3.05, 3.63) is 35.9 Å². The van der Waals surface area contributed by atoms with Gasteiger partial charge in [0.15, 0.2) is 0 Å². The molecule has 0 heterocycles. The van der Waals surface area contributed by atoms with Crippen molar-refractivity contribution in [2.75, 3.05) is 0 Å². The van der Waals surface area contributed by atoms with Crippen LogP contribution in [0.4, 0.5) is 0 Å². The van der Waals surface area contributed by atoms with Crippen molar-refractivity contribution in [3.63, 3.8) is 0 Å². The highest BCUT2D eigenvalue weighted by Gasteiger charge is 2.21. The van der Waals surface area contributed by atoms with Crippen LogP contribution in [-0.2, 0) is 0 Å². The van der Waals surface area contributed by atoms with E-state index in [1.165, 1.54) is 37.7 Å². The van der Waals surface area contributed by atoms with Gasteiger partial charge in [0, 0.05) is 12.1 Å². The smallest absolute Gasteiger partial charge is 0.0345 e. The molecule has 1 aromatic rings. The van der Waals surface area contributed by atoms with Crippen LogP contribution in [0.2, 0.25) is 0 Å². The second kappa shape index (κ2) is 6.20. The first-order valence-corrected chi connectivity index (χ1v) is 7.08. The zero-order valence-corrected chi connectivity index (χ0v) is 11.2. The van der Waals surface area contributed by atoms with Crippen molar-refractivity contribution in [2.24, 2.45) is 5.92 Å².